The third kappa shape index (κ3) is 8.71. The maximum Gasteiger partial charge on any atom is 0.150 e. The summed E-state index contributed by atoms with van der Waals surface area (Å²) >= 11 is 0. The molecular formula is C34H48O2. The monoisotopic (exact) mass is 488 g/mol. The first kappa shape index (κ1) is 28.4. The van der Waals surface area contributed by atoms with Crippen molar-refractivity contribution in [3.05, 3.63) is 70.8 Å². The van der Waals surface area contributed by atoms with Crippen molar-refractivity contribution in [2.24, 2.45) is 23.7 Å². The lowest BCUT2D eigenvalue weighted by Gasteiger charge is -2.31. The number of aryl methyl sites for hydroxylation is 2. The van der Waals surface area contributed by atoms with E-state index in [2.05, 4.69) is 26.0 Å². The van der Waals surface area contributed by atoms with Gasteiger partial charge in [0.15, 0.2) is 0 Å². The summed E-state index contributed by atoms with van der Waals surface area (Å²) in [5.41, 5.74) is 4.21. The van der Waals surface area contributed by atoms with E-state index in [0.29, 0.717) is 0 Å². The molecule has 2 heteroatoms. The molecule has 2 aliphatic rings. The predicted octanol–water partition coefficient (Wildman–Crippen LogP) is 9.30. The van der Waals surface area contributed by atoms with Crippen molar-refractivity contribution in [1.82, 2.24) is 0 Å². The van der Waals surface area contributed by atoms with Crippen LogP contribution in [-0.2, 0) is 12.8 Å². The molecule has 2 saturated carbocycles. The largest absolute Gasteiger partial charge is 0.298 e. The summed E-state index contributed by atoms with van der Waals surface area (Å²) in [6.45, 7) is 4.64. The molecule has 0 radical (unpaired) electrons. The lowest BCUT2D eigenvalue weighted by molar-refractivity contribution is 0.111. The summed E-state index contributed by atoms with van der Waals surface area (Å²) in [4.78, 5) is 22.0. The first-order valence-electron chi connectivity index (χ1n) is 14.7. The average Bonchev–Trinajstić information content (AvgIpc) is 2.95. The van der Waals surface area contributed by atoms with E-state index < -0.39 is 0 Å². The highest BCUT2D eigenvalue weighted by molar-refractivity contribution is 5.77. The van der Waals surface area contributed by atoms with Gasteiger partial charge in [-0.2, -0.15) is 0 Å². The molecule has 36 heavy (non-hydrogen) atoms. The Morgan fingerprint density at radius 2 is 1.19 bits per heavy atom. The van der Waals surface area contributed by atoms with Crippen molar-refractivity contribution in [3.63, 3.8) is 0 Å². The van der Waals surface area contributed by atoms with Gasteiger partial charge in [-0.25, -0.2) is 0 Å². The second-order valence-electron chi connectivity index (χ2n) is 11.2. The fraction of sp³-hybridized carbons (Fsp3) is 0.588. The highest BCUT2D eigenvalue weighted by Crippen LogP contribution is 2.35. The molecule has 2 aromatic carbocycles. The molecule has 4 rings (SSSR count). The first-order chi connectivity index (χ1) is 17.7. The summed E-state index contributed by atoms with van der Waals surface area (Å²) in [7, 11) is 0. The van der Waals surface area contributed by atoms with Crippen LogP contribution in [0.25, 0.3) is 0 Å². The van der Waals surface area contributed by atoms with Gasteiger partial charge in [-0.05, 0) is 66.9 Å². The normalized spacial score (nSPS) is 23.8. The summed E-state index contributed by atoms with van der Waals surface area (Å²) < 4.78 is 0. The topological polar surface area (TPSA) is 34.1 Å². The molecule has 196 valence electrons. The van der Waals surface area contributed by atoms with Gasteiger partial charge in [-0.1, -0.05) is 120 Å². The maximum atomic E-state index is 11.0. The minimum atomic E-state index is 0.875. The van der Waals surface area contributed by atoms with E-state index in [1.165, 1.54) is 88.2 Å². The van der Waals surface area contributed by atoms with E-state index in [9.17, 15) is 9.59 Å². The van der Waals surface area contributed by atoms with E-state index in [0.717, 1.165) is 60.2 Å². The molecule has 4 unspecified atom stereocenters. The van der Waals surface area contributed by atoms with Crippen LogP contribution in [0.3, 0.4) is 0 Å². The Kier molecular flexibility index (Phi) is 12.4. The summed E-state index contributed by atoms with van der Waals surface area (Å²) in [6.07, 6.45) is 20.5. The molecule has 0 saturated heterocycles. The fourth-order valence-electron chi connectivity index (χ4n) is 6.69. The zero-order chi connectivity index (χ0) is 25.6. The van der Waals surface area contributed by atoms with E-state index in [1.807, 2.05) is 36.4 Å². The second-order valence-corrected chi connectivity index (χ2v) is 11.2. The van der Waals surface area contributed by atoms with Crippen molar-refractivity contribution in [1.29, 1.82) is 0 Å². The molecule has 2 aromatic rings. The van der Waals surface area contributed by atoms with Crippen LogP contribution < -0.4 is 0 Å². The molecular weight excluding hydrogens is 440 g/mol. The quantitative estimate of drug-likeness (QED) is 0.312. The van der Waals surface area contributed by atoms with Crippen LogP contribution in [-0.4, -0.2) is 12.6 Å². The van der Waals surface area contributed by atoms with Crippen LogP contribution in [0.2, 0.25) is 0 Å². The number of hydrogen-bond donors (Lipinski definition) is 0. The van der Waals surface area contributed by atoms with Gasteiger partial charge in [0.2, 0.25) is 0 Å². The Morgan fingerprint density at radius 3 is 1.78 bits per heavy atom. The van der Waals surface area contributed by atoms with Crippen LogP contribution in [0.1, 0.15) is 123 Å². The Morgan fingerprint density at radius 1 is 0.639 bits per heavy atom. The van der Waals surface area contributed by atoms with E-state index in [1.54, 1.807) is 0 Å². The number of benzene rings is 2. The van der Waals surface area contributed by atoms with Gasteiger partial charge in [-0.3, -0.25) is 9.59 Å². The Bertz CT molecular complexity index is 917. The highest BCUT2D eigenvalue weighted by atomic mass is 16.1. The minimum Gasteiger partial charge on any atom is -0.298 e. The van der Waals surface area contributed by atoms with E-state index in [4.69, 9.17) is 0 Å². The third-order valence-electron chi connectivity index (χ3n) is 9.03. The van der Waals surface area contributed by atoms with Gasteiger partial charge in [0.05, 0.1) is 0 Å². The fourth-order valence-corrected chi connectivity index (χ4v) is 6.69. The number of carbonyl (C=O) groups excluding carboxylic acids is 2. The molecule has 4 atom stereocenters. The summed E-state index contributed by atoms with van der Waals surface area (Å²) in [5.74, 6) is 3.62. The van der Waals surface area contributed by atoms with Gasteiger partial charge in [-0.15, -0.1) is 0 Å². The molecule has 2 nitrogen and oxygen atoms in total. The van der Waals surface area contributed by atoms with Gasteiger partial charge < -0.3 is 0 Å². The smallest absolute Gasteiger partial charge is 0.150 e. The molecule has 0 spiro atoms. The standard InChI is InChI=1S/2C17H24O/c1-2-14-6-5-7-15(12-14)10-11-16-8-3-4-9-17(16)13-18;1-2-14-7-3-4-8-15(14)11-12-16-9-5-6-10-17(16)13-18/h3-4,8-9,13-15H,2,5-7,10-12H2,1H3;5-6,9-10,13-15H,2-4,7-8,11-12H2,1H3. The van der Waals surface area contributed by atoms with Crippen molar-refractivity contribution < 1.29 is 9.59 Å². The van der Waals surface area contributed by atoms with Gasteiger partial charge in [0, 0.05) is 11.1 Å². The predicted molar refractivity (Wildman–Crippen MR) is 152 cm³/mol. The van der Waals surface area contributed by atoms with Crippen molar-refractivity contribution >= 4 is 12.6 Å². The van der Waals surface area contributed by atoms with Crippen LogP contribution >= 0.6 is 0 Å². The molecule has 0 aliphatic heterocycles. The van der Waals surface area contributed by atoms with Crippen LogP contribution in [0, 0.1) is 23.7 Å². The molecule has 2 aliphatic carbocycles. The van der Waals surface area contributed by atoms with Gasteiger partial charge in [0.1, 0.15) is 12.6 Å². The molecule has 0 amide bonds. The first-order valence-corrected chi connectivity index (χ1v) is 14.7. The third-order valence-corrected chi connectivity index (χ3v) is 9.03. The van der Waals surface area contributed by atoms with Crippen molar-refractivity contribution in [3.8, 4) is 0 Å². The number of aldehydes is 2. The lowest BCUT2D eigenvalue weighted by Crippen LogP contribution is -2.19. The molecule has 0 bridgehead atoms. The Hall–Kier alpha value is -2.22. The van der Waals surface area contributed by atoms with Crippen LogP contribution in [0.4, 0.5) is 0 Å². The molecule has 0 N–H and O–H groups in total. The Labute approximate surface area is 220 Å². The average molecular weight is 489 g/mol. The van der Waals surface area contributed by atoms with Crippen LogP contribution in [0.5, 0.6) is 0 Å². The zero-order valence-electron chi connectivity index (χ0n) is 22.8. The molecule has 0 aromatic heterocycles. The molecule has 0 heterocycles. The van der Waals surface area contributed by atoms with Crippen molar-refractivity contribution in [2.45, 2.75) is 104 Å². The number of carbonyl (C=O) groups is 2. The van der Waals surface area contributed by atoms with Crippen molar-refractivity contribution in [2.75, 3.05) is 0 Å². The Balaban J connectivity index is 0.000000201. The van der Waals surface area contributed by atoms with Gasteiger partial charge in [0.25, 0.3) is 0 Å². The number of rotatable bonds is 10. The summed E-state index contributed by atoms with van der Waals surface area (Å²) in [5, 5.41) is 0. The zero-order valence-corrected chi connectivity index (χ0v) is 22.8. The maximum absolute atomic E-state index is 11.0. The van der Waals surface area contributed by atoms with Crippen LogP contribution in [0.15, 0.2) is 48.5 Å². The highest BCUT2D eigenvalue weighted by Gasteiger charge is 2.23. The molecule has 2 fully saturated rings. The summed E-state index contributed by atoms with van der Waals surface area (Å²) in [6, 6.07) is 16.0. The van der Waals surface area contributed by atoms with E-state index in [-0.39, 0.29) is 0 Å². The lowest BCUT2D eigenvalue weighted by atomic mass is 9.75. The van der Waals surface area contributed by atoms with Gasteiger partial charge >= 0.3 is 0 Å². The van der Waals surface area contributed by atoms with E-state index >= 15 is 0 Å². The number of hydrogen-bond acceptors (Lipinski definition) is 2. The second kappa shape index (κ2) is 15.8. The SMILES string of the molecule is CCC1CCCC(CCc2ccccc2C=O)C1.CCC1CCCCC1CCc1ccccc1C=O. The minimum absolute atomic E-state index is 0.875.